The van der Waals surface area contributed by atoms with E-state index in [1.54, 1.807) is 0 Å². The monoisotopic (exact) mass is 458 g/mol. The minimum atomic E-state index is -0.884. The van der Waals surface area contributed by atoms with Gasteiger partial charge in [-0.1, -0.05) is 0 Å². The molecule has 0 fully saturated rings. The highest BCUT2D eigenvalue weighted by Gasteiger charge is 2.12. The number of aromatic nitrogens is 2. The Labute approximate surface area is 185 Å². The summed E-state index contributed by atoms with van der Waals surface area (Å²) in [6, 6.07) is 10.1. The minimum absolute atomic E-state index is 0.0951. The molecule has 12 heteroatoms. The second-order valence-electron chi connectivity index (χ2n) is 6.02. The number of primary amides is 1. The molecule has 0 saturated carbocycles. The van der Waals surface area contributed by atoms with E-state index in [2.05, 4.69) is 26.8 Å². The number of ether oxygens (including phenoxy) is 2. The van der Waals surface area contributed by atoms with E-state index in [-0.39, 0.29) is 34.9 Å². The summed E-state index contributed by atoms with van der Waals surface area (Å²) in [6.07, 6.45) is 2.37. The third-order valence-corrected chi connectivity index (χ3v) is 3.84. The number of carbonyl (C=O) groups is 2. The highest BCUT2D eigenvalue weighted by atomic mass is 32.1. The van der Waals surface area contributed by atoms with E-state index in [4.69, 9.17) is 27.4 Å². The summed E-state index contributed by atoms with van der Waals surface area (Å²) in [7, 11) is 0. The predicted octanol–water partition coefficient (Wildman–Crippen LogP) is 2.34. The van der Waals surface area contributed by atoms with Gasteiger partial charge >= 0.3 is 0 Å². The molecule has 0 saturated heterocycles. The molecule has 32 heavy (non-hydrogen) atoms. The van der Waals surface area contributed by atoms with Gasteiger partial charge in [0.15, 0.2) is 23.3 Å². The maximum Gasteiger partial charge on any atom is 0.286 e. The standard InChI is InChI=1S/C20H14F2N5O4S/c21-11-1-4-13(5-2-11)30-10-16(28)26-20(32)25-12-3-6-15(14(22)9-12)31-17-7-8-24-19(27-17)18(23)29/h1-7,9H,10H2,(H2,23,29)(H2,25,26,28,32). The first-order valence-corrected chi connectivity index (χ1v) is 9.22. The van der Waals surface area contributed by atoms with Crippen LogP contribution >= 0.6 is 12.2 Å². The molecule has 0 aliphatic rings. The number of amides is 2. The van der Waals surface area contributed by atoms with E-state index in [1.807, 2.05) is 0 Å². The van der Waals surface area contributed by atoms with Crippen LogP contribution in [0.15, 0.2) is 48.5 Å². The van der Waals surface area contributed by atoms with Gasteiger partial charge in [0.25, 0.3) is 11.8 Å². The smallest absolute Gasteiger partial charge is 0.286 e. The van der Waals surface area contributed by atoms with Gasteiger partial charge in [-0.25, -0.2) is 13.8 Å². The average molecular weight is 458 g/mol. The maximum atomic E-state index is 14.4. The van der Waals surface area contributed by atoms with Gasteiger partial charge in [0.1, 0.15) is 11.6 Å². The second kappa shape index (κ2) is 10.2. The van der Waals surface area contributed by atoms with Crippen LogP contribution in [0.4, 0.5) is 14.5 Å². The third kappa shape index (κ3) is 6.40. The van der Waals surface area contributed by atoms with E-state index in [0.717, 1.165) is 6.07 Å². The summed E-state index contributed by atoms with van der Waals surface area (Å²) in [5.41, 5.74) is 5.30. The number of thiocarbonyl (C=S) groups is 1. The molecule has 1 heterocycles. The molecule has 2 aromatic carbocycles. The summed E-state index contributed by atoms with van der Waals surface area (Å²) in [5.74, 6) is -3.00. The number of nitrogens with zero attached hydrogens (tertiary/aromatic N) is 2. The van der Waals surface area contributed by atoms with E-state index in [1.165, 1.54) is 42.5 Å². The number of benzene rings is 2. The third-order valence-electron chi connectivity index (χ3n) is 3.64. The van der Waals surface area contributed by atoms with Gasteiger partial charge in [0.05, 0.1) is 6.20 Å². The zero-order valence-corrected chi connectivity index (χ0v) is 16.9. The highest BCUT2D eigenvalue weighted by Crippen LogP contribution is 2.25. The van der Waals surface area contributed by atoms with Crippen molar-refractivity contribution in [2.45, 2.75) is 0 Å². The predicted molar refractivity (Wildman–Crippen MR) is 112 cm³/mol. The quantitative estimate of drug-likeness (QED) is 0.460. The molecule has 0 spiro atoms. The van der Waals surface area contributed by atoms with Crippen LogP contribution in [0, 0.1) is 17.8 Å². The van der Waals surface area contributed by atoms with Crippen molar-refractivity contribution in [2.75, 3.05) is 11.9 Å². The van der Waals surface area contributed by atoms with Crippen molar-refractivity contribution in [3.8, 4) is 17.4 Å². The van der Waals surface area contributed by atoms with Gasteiger partial charge in [0.2, 0.25) is 11.7 Å². The Morgan fingerprint density at radius 3 is 2.59 bits per heavy atom. The average Bonchev–Trinajstić information content (AvgIpc) is 2.75. The summed E-state index contributed by atoms with van der Waals surface area (Å²) in [6.45, 7) is -0.363. The number of carbonyl (C=O) groups excluding carboxylic acids is 2. The highest BCUT2D eigenvalue weighted by molar-refractivity contribution is 7.80. The number of anilines is 1. The fraction of sp³-hybridized carbons (Fsp3) is 0.0500. The maximum absolute atomic E-state index is 14.4. The SMILES string of the molecule is NC(=O)c1n[c]cc(Oc2ccc(NC(=S)NC(=O)COc3ccc(F)cc3)cc2F)n1. The summed E-state index contributed by atoms with van der Waals surface area (Å²) >= 11 is 5.01. The molecule has 3 aromatic rings. The molecule has 4 N–H and O–H groups in total. The largest absolute Gasteiger partial charge is 0.484 e. The Kier molecular flexibility index (Phi) is 7.18. The van der Waals surface area contributed by atoms with Gasteiger partial charge in [0, 0.05) is 17.8 Å². The summed E-state index contributed by atoms with van der Waals surface area (Å²) in [4.78, 5) is 30.3. The molecule has 3 rings (SSSR count). The first-order valence-electron chi connectivity index (χ1n) is 8.81. The lowest BCUT2D eigenvalue weighted by molar-refractivity contribution is -0.121. The molecule has 163 valence electrons. The molecule has 0 unspecified atom stereocenters. The number of rotatable bonds is 7. The molecular weight excluding hydrogens is 444 g/mol. The molecule has 0 bridgehead atoms. The fourth-order valence-corrected chi connectivity index (χ4v) is 2.48. The van der Waals surface area contributed by atoms with Crippen molar-refractivity contribution >= 4 is 34.8 Å². The molecule has 0 aliphatic carbocycles. The van der Waals surface area contributed by atoms with Crippen LogP contribution < -0.4 is 25.8 Å². The Hall–Kier alpha value is -4.19. The molecule has 1 aromatic heterocycles. The molecule has 0 atom stereocenters. The van der Waals surface area contributed by atoms with Crippen LogP contribution in [0.2, 0.25) is 0 Å². The van der Waals surface area contributed by atoms with Crippen LogP contribution in [-0.2, 0) is 4.79 Å². The lowest BCUT2D eigenvalue weighted by Crippen LogP contribution is -2.37. The lowest BCUT2D eigenvalue weighted by atomic mass is 10.3. The molecule has 1 radical (unpaired) electrons. The number of hydrogen-bond donors (Lipinski definition) is 3. The van der Waals surface area contributed by atoms with Gasteiger partial charge in [-0.2, -0.15) is 4.98 Å². The minimum Gasteiger partial charge on any atom is -0.484 e. The number of nitrogens with one attached hydrogen (secondary N) is 2. The fourth-order valence-electron chi connectivity index (χ4n) is 2.25. The van der Waals surface area contributed by atoms with Crippen LogP contribution in [0.5, 0.6) is 17.4 Å². The molecular formula is C20H14F2N5O4S. The van der Waals surface area contributed by atoms with Crippen molar-refractivity contribution in [1.29, 1.82) is 0 Å². The summed E-state index contributed by atoms with van der Waals surface area (Å²) < 4.78 is 37.7. The van der Waals surface area contributed by atoms with Crippen molar-refractivity contribution < 1.29 is 27.8 Å². The van der Waals surface area contributed by atoms with Gasteiger partial charge < -0.3 is 20.5 Å². The summed E-state index contributed by atoms with van der Waals surface area (Å²) in [5, 5.41) is 4.91. The number of halogens is 2. The van der Waals surface area contributed by atoms with E-state index < -0.39 is 23.4 Å². The Morgan fingerprint density at radius 1 is 1.16 bits per heavy atom. The van der Waals surface area contributed by atoms with Gasteiger partial charge in [-0.15, -0.1) is 0 Å². The normalized spacial score (nSPS) is 10.2. The van der Waals surface area contributed by atoms with Gasteiger partial charge in [-0.3, -0.25) is 14.9 Å². The van der Waals surface area contributed by atoms with E-state index in [0.29, 0.717) is 5.75 Å². The Balaban J connectivity index is 1.53. The topological polar surface area (TPSA) is 128 Å². The molecule has 0 aliphatic heterocycles. The van der Waals surface area contributed by atoms with Crippen LogP contribution in [-0.4, -0.2) is 33.5 Å². The van der Waals surface area contributed by atoms with Crippen molar-refractivity contribution in [1.82, 2.24) is 15.3 Å². The van der Waals surface area contributed by atoms with Crippen molar-refractivity contribution in [3.63, 3.8) is 0 Å². The van der Waals surface area contributed by atoms with Crippen LogP contribution in [0.3, 0.4) is 0 Å². The molecule has 2 amide bonds. The number of nitrogens with two attached hydrogens (primary N) is 1. The van der Waals surface area contributed by atoms with Crippen molar-refractivity contribution in [2.24, 2.45) is 5.73 Å². The van der Waals surface area contributed by atoms with Gasteiger partial charge in [-0.05, 0) is 48.6 Å². The molecule has 9 nitrogen and oxygen atoms in total. The van der Waals surface area contributed by atoms with E-state index in [9.17, 15) is 18.4 Å². The van der Waals surface area contributed by atoms with Crippen LogP contribution in [0.1, 0.15) is 10.6 Å². The Morgan fingerprint density at radius 2 is 1.91 bits per heavy atom. The zero-order chi connectivity index (χ0) is 23.1. The first kappa shape index (κ1) is 22.5. The van der Waals surface area contributed by atoms with E-state index >= 15 is 0 Å². The lowest BCUT2D eigenvalue weighted by Gasteiger charge is -2.12. The first-order chi connectivity index (χ1) is 15.3. The zero-order valence-electron chi connectivity index (χ0n) is 16.1. The number of hydrogen-bond acceptors (Lipinski definition) is 7. The van der Waals surface area contributed by atoms with Crippen LogP contribution in [0.25, 0.3) is 0 Å². The van der Waals surface area contributed by atoms with Crippen molar-refractivity contribution in [3.05, 3.63) is 72.2 Å². The Bertz CT molecular complexity index is 1160. The second-order valence-corrected chi connectivity index (χ2v) is 6.42.